The quantitative estimate of drug-likeness (QED) is 0.732. The normalized spacial score (nSPS) is 16.7. The molecule has 0 spiro atoms. The van der Waals surface area contributed by atoms with Gasteiger partial charge < -0.3 is 14.8 Å². The van der Waals surface area contributed by atoms with E-state index in [-0.39, 0.29) is 23.4 Å². The van der Waals surface area contributed by atoms with Gasteiger partial charge in [0.1, 0.15) is 17.4 Å². The molecule has 1 saturated heterocycles. The molecule has 0 radical (unpaired) electrons. The van der Waals surface area contributed by atoms with E-state index >= 15 is 0 Å². The highest BCUT2D eigenvalue weighted by Gasteiger charge is 2.25. The lowest BCUT2D eigenvalue weighted by Crippen LogP contribution is -2.27. The summed E-state index contributed by atoms with van der Waals surface area (Å²) in [5, 5.41) is 13.6. The largest absolute Gasteiger partial charge is 0.501 e. The molecule has 0 amide bonds. The summed E-state index contributed by atoms with van der Waals surface area (Å²) in [6, 6.07) is 6.03. The minimum absolute atomic E-state index is 0.0344. The van der Waals surface area contributed by atoms with Gasteiger partial charge in [-0.15, -0.1) is 0 Å². The topological polar surface area (TPSA) is 93.2 Å². The third kappa shape index (κ3) is 3.35. The fourth-order valence-electron chi connectivity index (χ4n) is 3.27. The molecule has 2 aromatic heterocycles. The SMILES string of the molecule is Cn1c(C2CCCN2)nc(-c2ncc(Cc3ccc(F)cc3)o2)c(O)c1=O. The van der Waals surface area contributed by atoms with E-state index < -0.39 is 11.3 Å². The molecule has 1 fully saturated rings. The number of nitrogens with one attached hydrogen (secondary N) is 1. The first-order chi connectivity index (χ1) is 13.0. The number of oxazole rings is 1. The Morgan fingerprint density at radius 3 is 2.85 bits per heavy atom. The summed E-state index contributed by atoms with van der Waals surface area (Å²) >= 11 is 0. The van der Waals surface area contributed by atoms with E-state index in [9.17, 15) is 14.3 Å². The van der Waals surface area contributed by atoms with E-state index in [1.165, 1.54) is 22.9 Å². The van der Waals surface area contributed by atoms with Crippen molar-refractivity contribution in [2.75, 3.05) is 6.54 Å². The van der Waals surface area contributed by atoms with Gasteiger partial charge in [0.05, 0.1) is 12.2 Å². The van der Waals surface area contributed by atoms with Gasteiger partial charge in [0.15, 0.2) is 5.69 Å². The van der Waals surface area contributed by atoms with Crippen LogP contribution in [0.25, 0.3) is 11.6 Å². The van der Waals surface area contributed by atoms with Crippen molar-refractivity contribution in [1.29, 1.82) is 0 Å². The molecular weight excluding hydrogens is 351 g/mol. The van der Waals surface area contributed by atoms with Gasteiger partial charge >= 0.3 is 0 Å². The second kappa shape index (κ2) is 6.96. The van der Waals surface area contributed by atoms with E-state index in [1.807, 2.05) is 0 Å². The molecule has 4 rings (SSSR count). The zero-order valence-corrected chi connectivity index (χ0v) is 14.8. The van der Waals surface area contributed by atoms with Gasteiger partial charge in [-0.05, 0) is 37.1 Å². The van der Waals surface area contributed by atoms with Crippen molar-refractivity contribution in [2.45, 2.75) is 25.3 Å². The lowest BCUT2D eigenvalue weighted by atomic mass is 10.1. The van der Waals surface area contributed by atoms with Crippen LogP contribution in [-0.4, -0.2) is 26.2 Å². The van der Waals surface area contributed by atoms with Crippen LogP contribution in [0.2, 0.25) is 0 Å². The highest BCUT2D eigenvalue weighted by molar-refractivity contribution is 5.56. The molecule has 0 bridgehead atoms. The molecule has 0 aliphatic carbocycles. The first-order valence-electron chi connectivity index (χ1n) is 8.75. The maximum atomic E-state index is 13.0. The second-order valence-electron chi connectivity index (χ2n) is 6.62. The lowest BCUT2D eigenvalue weighted by molar-refractivity contribution is 0.443. The number of hydrogen-bond acceptors (Lipinski definition) is 6. The molecule has 8 heteroatoms. The number of hydrogen-bond donors (Lipinski definition) is 2. The lowest BCUT2D eigenvalue weighted by Gasteiger charge is -2.15. The summed E-state index contributed by atoms with van der Waals surface area (Å²) in [7, 11) is 1.59. The first kappa shape index (κ1) is 17.4. The van der Waals surface area contributed by atoms with Crippen molar-refractivity contribution in [2.24, 2.45) is 7.05 Å². The standard InChI is InChI=1S/C19H19FN4O3/c1-24-17(14-3-2-8-21-14)23-15(16(25)19(24)26)18-22-10-13(27-18)9-11-4-6-12(20)7-5-11/h4-7,10,14,21,25H,2-3,8-9H2,1H3. The van der Waals surface area contributed by atoms with Crippen LogP contribution in [0, 0.1) is 5.82 Å². The number of benzene rings is 1. The van der Waals surface area contributed by atoms with Crippen LogP contribution >= 0.6 is 0 Å². The van der Waals surface area contributed by atoms with Crippen molar-refractivity contribution in [3.63, 3.8) is 0 Å². The maximum absolute atomic E-state index is 13.0. The van der Waals surface area contributed by atoms with Gasteiger partial charge in [0.2, 0.25) is 11.6 Å². The van der Waals surface area contributed by atoms with E-state index in [4.69, 9.17) is 4.42 Å². The Hall–Kier alpha value is -3.00. The van der Waals surface area contributed by atoms with Gasteiger partial charge in [-0.25, -0.2) is 14.4 Å². The predicted molar refractivity (Wildman–Crippen MR) is 95.8 cm³/mol. The predicted octanol–water partition coefficient (Wildman–Crippen LogP) is 2.30. The van der Waals surface area contributed by atoms with Gasteiger partial charge in [-0.3, -0.25) is 9.36 Å². The van der Waals surface area contributed by atoms with Crippen molar-refractivity contribution < 1.29 is 13.9 Å². The van der Waals surface area contributed by atoms with Crippen LogP contribution in [0.4, 0.5) is 4.39 Å². The maximum Gasteiger partial charge on any atom is 0.296 e. The average molecular weight is 370 g/mol. The van der Waals surface area contributed by atoms with Crippen molar-refractivity contribution in [1.82, 2.24) is 19.9 Å². The Labute approximate surface area is 154 Å². The summed E-state index contributed by atoms with van der Waals surface area (Å²) < 4.78 is 20.1. The van der Waals surface area contributed by atoms with E-state index in [0.29, 0.717) is 18.0 Å². The molecule has 27 heavy (non-hydrogen) atoms. The average Bonchev–Trinajstić information content (AvgIpc) is 3.34. The highest BCUT2D eigenvalue weighted by atomic mass is 19.1. The van der Waals surface area contributed by atoms with Gasteiger partial charge in [0.25, 0.3) is 5.56 Å². The summed E-state index contributed by atoms with van der Waals surface area (Å²) in [5.74, 6) is 0.359. The van der Waals surface area contributed by atoms with E-state index in [2.05, 4.69) is 15.3 Å². The third-order valence-electron chi connectivity index (χ3n) is 4.72. The number of halogens is 1. The van der Waals surface area contributed by atoms with Crippen LogP contribution < -0.4 is 10.9 Å². The molecular formula is C19H19FN4O3. The molecule has 1 aliphatic rings. The molecule has 1 aromatic carbocycles. The Balaban J connectivity index is 1.68. The van der Waals surface area contributed by atoms with Gasteiger partial charge in [-0.2, -0.15) is 0 Å². The minimum atomic E-state index is -0.540. The van der Waals surface area contributed by atoms with Crippen LogP contribution in [0.1, 0.15) is 36.0 Å². The van der Waals surface area contributed by atoms with Crippen molar-refractivity contribution >= 4 is 0 Å². The zero-order valence-electron chi connectivity index (χ0n) is 14.8. The van der Waals surface area contributed by atoms with Crippen molar-refractivity contribution in [3.8, 4) is 17.3 Å². The fraction of sp³-hybridized carbons (Fsp3) is 0.316. The molecule has 0 saturated carbocycles. The number of aromatic nitrogens is 3. The molecule has 3 heterocycles. The van der Waals surface area contributed by atoms with Crippen LogP contribution in [0.5, 0.6) is 5.75 Å². The van der Waals surface area contributed by atoms with E-state index in [0.717, 1.165) is 24.9 Å². The molecule has 140 valence electrons. The fourth-order valence-corrected chi connectivity index (χ4v) is 3.27. The molecule has 7 nitrogen and oxygen atoms in total. The highest BCUT2D eigenvalue weighted by Crippen LogP contribution is 2.28. The Kier molecular flexibility index (Phi) is 4.49. The van der Waals surface area contributed by atoms with Crippen LogP contribution in [0.15, 0.2) is 39.7 Å². The van der Waals surface area contributed by atoms with Crippen molar-refractivity contribution in [3.05, 3.63) is 63.8 Å². The Bertz CT molecular complexity index is 1020. The van der Waals surface area contributed by atoms with E-state index in [1.54, 1.807) is 19.2 Å². The first-order valence-corrected chi connectivity index (χ1v) is 8.75. The smallest absolute Gasteiger partial charge is 0.296 e. The van der Waals surface area contributed by atoms with Crippen LogP contribution in [0.3, 0.4) is 0 Å². The molecule has 1 atom stereocenters. The van der Waals surface area contributed by atoms with Gasteiger partial charge in [0, 0.05) is 13.5 Å². The summed E-state index contributed by atoms with van der Waals surface area (Å²) in [6.07, 6.45) is 3.80. The number of rotatable bonds is 4. The van der Waals surface area contributed by atoms with Crippen LogP contribution in [-0.2, 0) is 13.5 Å². The summed E-state index contributed by atoms with van der Waals surface area (Å²) in [5.41, 5.74) is 0.352. The second-order valence-corrected chi connectivity index (χ2v) is 6.62. The zero-order chi connectivity index (χ0) is 19.0. The summed E-state index contributed by atoms with van der Waals surface area (Å²) in [6.45, 7) is 0.859. The number of nitrogens with zero attached hydrogens (tertiary/aromatic N) is 3. The minimum Gasteiger partial charge on any atom is -0.501 e. The molecule has 3 aromatic rings. The summed E-state index contributed by atoms with van der Waals surface area (Å²) in [4.78, 5) is 21.0. The molecule has 1 aliphatic heterocycles. The Morgan fingerprint density at radius 1 is 1.37 bits per heavy atom. The Morgan fingerprint density at radius 2 is 2.15 bits per heavy atom. The molecule has 2 N–H and O–H groups in total. The number of aromatic hydroxyl groups is 1. The van der Waals surface area contributed by atoms with Gasteiger partial charge in [-0.1, -0.05) is 12.1 Å². The third-order valence-corrected chi connectivity index (χ3v) is 4.72. The monoisotopic (exact) mass is 370 g/mol. The molecule has 1 unspecified atom stereocenters.